The second-order valence-electron chi connectivity index (χ2n) is 7.21. The van der Waals surface area contributed by atoms with Crippen LogP contribution < -0.4 is 0 Å². The summed E-state index contributed by atoms with van der Waals surface area (Å²) in [5.74, 6) is -0.293. The number of sulfone groups is 1. The van der Waals surface area contributed by atoms with Crippen LogP contribution in [0.4, 0.5) is 0 Å². The van der Waals surface area contributed by atoms with Crippen LogP contribution >= 0.6 is 0 Å². The maximum atomic E-state index is 12.9. The molecule has 2 fully saturated rings. The van der Waals surface area contributed by atoms with Gasteiger partial charge in [-0.25, -0.2) is 8.42 Å². The molecule has 0 aromatic carbocycles. The van der Waals surface area contributed by atoms with Gasteiger partial charge in [-0.15, -0.1) is 0 Å². The third kappa shape index (κ3) is 4.47. The Bertz CT molecular complexity index is 818. The minimum absolute atomic E-state index is 0.0000740. The third-order valence-electron chi connectivity index (χ3n) is 5.27. The van der Waals surface area contributed by atoms with E-state index in [1.807, 2.05) is 14.0 Å². The molecule has 0 saturated carbocycles. The molecule has 2 aliphatic heterocycles. The molecule has 0 aliphatic carbocycles. The maximum absolute atomic E-state index is 12.9. The van der Waals surface area contributed by atoms with Gasteiger partial charge in [0.05, 0.1) is 22.6 Å². The fourth-order valence-corrected chi connectivity index (χ4v) is 5.35. The number of pyridine rings is 1. The van der Waals surface area contributed by atoms with Gasteiger partial charge in [-0.3, -0.25) is 14.6 Å². The largest absolute Gasteiger partial charge is 0.336 e. The molecule has 2 saturated heterocycles. The third-order valence-corrected chi connectivity index (χ3v) is 7.02. The summed E-state index contributed by atoms with van der Waals surface area (Å²) >= 11 is 0. The highest BCUT2D eigenvalue weighted by atomic mass is 32.2. The lowest BCUT2D eigenvalue weighted by molar-refractivity contribution is 0.0663. The molecule has 148 valence electrons. The monoisotopic (exact) mass is 394 g/mol. The van der Waals surface area contributed by atoms with Crippen molar-refractivity contribution in [3.63, 3.8) is 0 Å². The van der Waals surface area contributed by atoms with Gasteiger partial charge in [0.1, 0.15) is 0 Å². The van der Waals surface area contributed by atoms with E-state index >= 15 is 0 Å². The van der Waals surface area contributed by atoms with E-state index in [1.165, 1.54) is 12.4 Å². The number of likely N-dealkylation sites (N-methyl/N-ethyl adjacent to an activating group) is 1. The average Bonchev–Trinajstić information content (AvgIpc) is 3.02. The molecular formula is C18H26N4O4S. The molecule has 27 heavy (non-hydrogen) atoms. The number of nitrogens with zero attached hydrogens (tertiary/aromatic N) is 4. The molecule has 1 aromatic rings. The number of piperazine rings is 1. The lowest BCUT2D eigenvalue weighted by Gasteiger charge is -2.32. The second-order valence-corrected chi connectivity index (χ2v) is 9.43. The Morgan fingerprint density at radius 2 is 1.85 bits per heavy atom. The number of amides is 2. The first-order chi connectivity index (χ1) is 12.8. The number of carbonyl (C=O) groups excluding carboxylic acids is 2. The predicted molar refractivity (Wildman–Crippen MR) is 101 cm³/mol. The first-order valence-corrected chi connectivity index (χ1v) is 11.1. The highest BCUT2D eigenvalue weighted by molar-refractivity contribution is 7.91. The molecular weight excluding hydrogens is 368 g/mol. The Morgan fingerprint density at radius 1 is 1.19 bits per heavy atom. The summed E-state index contributed by atoms with van der Waals surface area (Å²) in [5, 5.41) is 0. The van der Waals surface area contributed by atoms with Crippen LogP contribution in [-0.2, 0) is 9.84 Å². The lowest BCUT2D eigenvalue weighted by atomic mass is 10.1. The minimum Gasteiger partial charge on any atom is -0.336 e. The summed E-state index contributed by atoms with van der Waals surface area (Å²) in [6, 6.07) is 1.26. The Kier molecular flexibility index (Phi) is 5.81. The van der Waals surface area contributed by atoms with Crippen LogP contribution in [0.5, 0.6) is 0 Å². The summed E-state index contributed by atoms with van der Waals surface area (Å²) in [7, 11) is -1.06. The SMILES string of the molecule is CCN(C(=O)c1cncc(C(=O)N2CCN(C)CC2)c1)C1CCS(=O)(=O)C1. The van der Waals surface area contributed by atoms with Crippen LogP contribution in [0.25, 0.3) is 0 Å². The fourth-order valence-electron chi connectivity index (χ4n) is 3.62. The van der Waals surface area contributed by atoms with Crippen molar-refractivity contribution in [3.05, 3.63) is 29.6 Å². The Labute approximate surface area is 160 Å². The molecule has 0 bridgehead atoms. The molecule has 0 radical (unpaired) electrons. The Morgan fingerprint density at radius 3 is 2.44 bits per heavy atom. The van der Waals surface area contributed by atoms with Gasteiger partial charge in [-0.1, -0.05) is 0 Å². The average molecular weight is 394 g/mol. The summed E-state index contributed by atoms with van der Waals surface area (Å²) in [6.07, 6.45) is 3.37. The predicted octanol–water partition coefficient (Wildman–Crippen LogP) is 0.118. The van der Waals surface area contributed by atoms with Gasteiger partial charge < -0.3 is 14.7 Å². The molecule has 3 heterocycles. The Hall–Kier alpha value is -2.00. The fraction of sp³-hybridized carbons (Fsp3) is 0.611. The summed E-state index contributed by atoms with van der Waals surface area (Å²) in [5.41, 5.74) is 0.710. The molecule has 0 spiro atoms. The minimum atomic E-state index is -3.08. The van der Waals surface area contributed by atoms with Gasteiger partial charge in [0, 0.05) is 51.2 Å². The van der Waals surface area contributed by atoms with Crippen molar-refractivity contribution in [1.82, 2.24) is 19.7 Å². The van der Waals surface area contributed by atoms with Crippen molar-refractivity contribution in [1.29, 1.82) is 0 Å². The van der Waals surface area contributed by atoms with Crippen molar-refractivity contribution in [2.24, 2.45) is 0 Å². The zero-order valence-electron chi connectivity index (χ0n) is 15.8. The molecule has 1 unspecified atom stereocenters. The molecule has 1 atom stereocenters. The normalized spacial score (nSPS) is 22.6. The first kappa shape index (κ1) is 19.8. The molecule has 8 nitrogen and oxygen atoms in total. The number of hydrogen-bond donors (Lipinski definition) is 0. The number of hydrogen-bond acceptors (Lipinski definition) is 6. The number of rotatable bonds is 4. The van der Waals surface area contributed by atoms with Gasteiger partial charge in [0.25, 0.3) is 11.8 Å². The summed E-state index contributed by atoms with van der Waals surface area (Å²) < 4.78 is 23.5. The van der Waals surface area contributed by atoms with Crippen molar-refractivity contribution >= 4 is 21.7 Å². The van der Waals surface area contributed by atoms with E-state index in [4.69, 9.17) is 0 Å². The Balaban J connectivity index is 1.76. The van der Waals surface area contributed by atoms with Crippen LogP contribution in [0.15, 0.2) is 18.5 Å². The molecule has 2 amide bonds. The van der Waals surface area contributed by atoms with Gasteiger partial charge >= 0.3 is 0 Å². The summed E-state index contributed by atoms with van der Waals surface area (Å²) in [4.78, 5) is 35.2. The second kappa shape index (κ2) is 7.93. The van der Waals surface area contributed by atoms with Crippen LogP contribution in [0.1, 0.15) is 34.1 Å². The van der Waals surface area contributed by atoms with E-state index in [0.717, 1.165) is 13.1 Å². The van der Waals surface area contributed by atoms with Gasteiger partial charge in [-0.05, 0) is 26.5 Å². The molecule has 1 aromatic heterocycles. The maximum Gasteiger partial charge on any atom is 0.255 e. The summed E-state index contributed by atoms with van der Waals surface area (Å²) in [6.45, 7) is 5.17. The first-order valence-electron chi connectivity index (χ1n) is 9.25. The number of aromatic nitrogens is 1. The smallest absolute Gasteiger partial charge is 0.255 e. The van der Waals surface area contributed by atoms with E-state index in [-0.39, 0.29) is 29.4 Å². The van der Waals surface area contributed by atoms with Gasteiger partial charge in [0.2, 0.25) is 0 Å². The van der Waals surface area contributed by atoms with Crippen LogP contribution in [0.2, 0.25) is 0 Å². The molecule has 0 N–H and O–H groups in total. The van der Waals surface area contributed by atoms with Gasteiger partial charge in [0.15, 0.2) is 9.84 Å². The molecule has 9 heteroatoms. The highest BCUT2D eigenvalue weighted by Gasteiger charge is 2.34. The van der Waals surface area contributed by atoms with Crippen LogP contribution in [0.3, 0.4) is 0 Å². The van der Waals surface area contributed by atoms with Gasteiger partial charge in [-0.2, -0.15) is 0 Å². The van der Waals surface area contributed by atoms with Crippen LogP contribution in [0, 0.1) is 0 Å². The van der Waals surface area contributed by atoms with E-state index in [2.05, 4.69) is 9.88 Å². The quantitative estimate of drug-likeness (QED) is 0.720. The molecule has 2 aliphatic rings. The zero-order chi connectivity index (χ0) is 19.6. The standard InChI is InChI=1S/C18H26N4O4S/c1-3-22(16-4-9-27(25,26)13-16)18(24)15-10-14(11-19-12-15)17(23)21-7-5-20(2)6-8-21/h10-12,16H,3-9,13H2,1-2H3. The van der Waals surface area contributed by atoms with Crippen molar-refractivity contribution in [2.45, 2.75) is 19.4 Å². The van der Waals surface area contributed by atoms with E-state index in [0.29, 0.717) is 37.2 Å². The van der Waals surface area contributed by atoms with Crippen LogP contribution in [-0.4, -0.2) is 97.2 Å². The lowest BCUT2D eigenvalue weighted by Crippen LogP contribution is -2.47. The van der Waals surface area contributed by atoms with Crippen molar-refractivity contribution in [3.8, 4) is 0 Å². The van der Waals surface area contributed by atoms with E-state index < -0.39 is 9.84 Å². The zero-order valence-corrected chi connectivity index (χ0v) is 16.6. The van der Waals surface area contributed by atoms with E-state index in [1.54, 1.807) is 15.9 Å². The van der Waals surface area contributed by atoms with E-state index in [9.17, 15) is 18.0 Å². The van der Waals surface area contributed by atoms with Crippen molar-refractivity contribution < 1.29 is 18.0 Å². The highest BCUT2D eigenvalue weighted by Crippen LogP contribution is 2.20. The topological polar surface area (TPSA) is 90.9 Å². The van der Waals surface area contributed by atoms with Crippen molar-refractivity contribution in [2.75, 3.05) is 51.3 Å². The number of carbonyl (C=O) groups is 2. The molecule has 3 rings (SSSR count).